The highest BCUT2D eigenvalue weighted by Gasteiger charge is 2.00. The van der Waals surface area contributed by atoms with Crippen LogP contribution in [0.3, 0.4) is 0 Å². The Balaban J connectivity index is 2.04. The molecule has 0 fully saturated rings. The summed E-state index contributed by atoms with van der Waals surface area (Å²) in [5.41, 5.74) is 4.60. The fraction of sp³-hybridized carbons (Fsp3) is 0.188. The van der Waals surface area contributed by atoms with E-state index in [4.69, 9.17) is 5.26 Å². The van der Waals surface area contributed by atoms with E-state index < -0.39 is 0 Å². The van der Waals surface area contributed by atoms with E-state index in [1.165, 1.54) is 21.6 Å². The van der Waals surface area contributed by atoms with Crippen molar-refractivity contribution in [1.82, 2.24) is 0 Å². The summed E-state index contributed by atoms with van der Waals surface area (Å²) in [6.45, 7) is 4.26. The third kappa shape index (κ3) is 3.15. The molecule has 0 saturated carbocycles. The van der Waals surface area contributed by atoms with Crippen LogP contribution in [0.4, 0.5) is 0 Å². The first kappa shape index (κ1) is 12.7. The van der Waals surface area contributed by atoms with Gasteiger partial charge in [0.05, 0.1) is 11.6 Å². The molecule has 0 aliphatic rings. The summed E-state index contributed by atoms with van der Waals surface area (Å²) in [6.07, 6.45) is 0. The zero-order valence-electron chi connectivity index (χ0n) is 10.6. The van der Waals surface area contributed by atoms with Gasteiger partial charge in [0, 0.05) is 10.6 Å². The standard InChI is InChI=1S/C16H15NS/c1-12-3-8-16(13(2)9-12)18-11-15-6-4-14(10-17)5-7-15/h3-9H,11H2,1-2H3. The Morgan fingerprint density at radius 1 is 1.06 bits per heavy atom. The Morgan fingerprint density at radius 3 is 2.39 bits per heavy atom. The Hall–Kier alpha value is -1.72. The molecule has 0 saturated heterocycles. The Kier molecular flexibility index (Phi) is 4.07. The van der Waals surface area contributed by atoms with Gasteiger partial charge in [-0.15, -0.1) is 11.8 Å². The van der Waals surface area contributed by atoms with Crippen LogP contribution in [0.1, 0.15) is 22.3 Å². The molecule has 0 N–H and O–H groups in total. The summed E-state index contributed by atoms with van der Waals surface area (Å²) in [7, 11) is 0. The zero-order valence-corrected chi connectivity index (χ0v) is 11.4. The Morgan fingerprint density at radius 2 is 1.78 bits per heavy atom. The lowest BCUT2D eigenvalue weighted by Crippen LogP contribution is -1.85. The van der Waals surface area contributed by atoms with Gasteiger partial charge in [-0.25, -0.2) is 0 Å². The second-order valence-electron chi connectivity index (χ2n) is 4.37. The monoisotopic (exact) mass is 253 g/mol. The van der Waals surface area contributed by atoms with Gasteiger partial charge in [-0.3, -0.25) is 0 Å². The summed E-state index contributed by atoms with van der Waals surface area (Å²) in [5.74, 6) is 0.940. The molecular formula is C16H15NS. The van der Waals surface area contributed by atoms with E-state index in [-0.39, 0.29) is 0 Å². The minimum Gasteiger partial charge on any atom is -0.192 e. The minimum atomic E-state index is 0.718. The van der Waals surface area contributed by atoms with Gasteiger partial charge in [-0.2, -0.15) is 5.26 Å². The van der Waals surface area contributed by atoms with Crippen molar-refractivity contribution in [3.63, 3.8) is 0 Å². The minimum absolute atomic E-state index is 0.718. The summed E-state index contributed by atoms with van der Waals surface area (Å²) in [6, 6.07) is 16.5. The topological polar surface area (TPSA) is 23.8 Å². The van der Waals surface area contributed by atoms with Crippen molar-refractivity contribution in [1.29, 1.82) is 5.26 Å². The number of hydrogen-bond donors (Lipinski definition) is 0. The molecular weight excluding hydrogens is 238 g/mol. The fourth-order valence-electron chi connectivity index (χ4n) is 1.80. The molecule has 0 aromatic heterocycles. The van der Waals surface area contributed by atoms with Gasteiger partial charge in [0.15, 0.2) is 0 Å². The third-order valence-electron chi connectivity index (χ3n) is 2.81. The molecule has 0 atom stereocenters. The SMILES string of the molecule is Cc1ccc(SCc2ccc(C#N)cc2)c(C)c1. The van der Waals surface area contributed by atoms with Crippen molar-refractivity contribution in [3.8, 4) is 6.07 Å². The second kappa shape index (κ2) is 5.75. The molecule has 2 aromatic carbocycles. The van der Waals surface area contributed by atoms with Crippen LogP contribution in [-0.4, -0.2) is 0 Å². The average molecular weight is 253 g/mol. The third-order valence-corrected chi connectivity index (χ3v) is 4.05. The maximum Gasteiger partial charge on any atom is 0.0991 e. The van der Waals surface area contributed by atoms with Crippen molar-refractivity contribution >= 4 is 11.8 Å². The van der Waals surface area contributed by atoms with Gasteiger partial charge in [0.25, 0.3) is 0 Å². The predicted octanol–water partition coefficient (Wildman–Crippen LogP) is 4.47. The highest BCUT2D eigenvalue weighted by molar-refractivity contribution is 7.98. The molecule has 90 valence electrons. The van der Waals surface area contributed by atoms with E-state index in [0.29, 0.717) is 0 Å². The van der Waals surface area contributed by atoms with Crippen LogP contribution in [-0.2, 0) is 5.75 Å². The van der Waals surface area contributed by atoms with Gasteiger partial charge in [0.2, 0.25) is 0 Å². The summed E-state index contributed by atoms with van der Waals surface area (Å²) in [4.78, 5) is 1.32. The van der Waals surface area contributed by atoms with Crippen LogP contribution in [0.15, 0.2) is 47.4 Å². The molecule has 18 heavy (non-hydrogen) atoms. The van der Waals surface area contributed by atoms with Crippen molar-refractivity contribution in [2.24, 2.45) is 0 Å². The summed E-state index contributed by atoms with van der Waals surface area (Å²) in [5, 5.41) is 8.74. The van der Waals surface area contributed by atoms with Gasteiger partial charge in [-0.1, -0.05) is 29.8 Å². The van der Waals surface area contributed by atoms with E-state index >= 15 is 0 Å². The summed E-state index contributed by atoms with van der Waals surface area (Å²) < 4.78 is 0. The van der Waals surface area contributed by atoms with E-state index in [1.807, 2.05) is 36.0 Å². The smallest absolute Gasteiger partial charge is 0.0991 e. The first-order valence-electron chi connectivity index (χ1n) is 5.88. The van der Waals surface area contributed by atoms with Gasteiger partial charge in [-0.05, 0) is 43.2 Å². The molecule has 2 heteroatoms. The lowest BCUT2D eigenvalue weighted by atomic mass is 10.2. The van der Waals surface area contributed by atoms with E-state index in [1.54, 1.807) is 0 Å². The summed E-state index contributed by atoms with van der Waals surface area (Å²) >= 11 is 1.84. The number of rotatable bonds is 3. The number of thioether (sulfide) groups is 1. The van der Waals surface area contributed by atoms with Gasteiger partial charge < -0.3 is 0 Å². The molecule has 2 rings (SSSR count). The maximum atomic E-state index is 8.74. The largest absolute Gasteiger partial charge is 0.192 e. The normalized spacial score (nSPS) is 10.1. The molecule has 0 unspecified atom stereocenters. The lowest BCUT2D eigenvalue weighted by Gasteiger charge is -2.06. The number of benzene rings is 2. The molecule has 0 bridgehead atoms. The molecule has 0 aliphatic carbocycles. The first-order chi connectivity index (χ1) is 8.69. The Labute approximate surface area is 112 Å². The highest BCUT2D eigenvalue weighted by atomic mass is 32.2. The predicted molar refractivity (Wildman–Crippen MR) is 76.6 cm³/mol. The van der Waals surface area contributed by atoms with Crippen molar-refractivity contribution in [2.45, 2.75) is 24.5 Å². The first-order valence-corrected chi connectivity index (χ1v) is 6.86. The van der Waals surface area contributed by atoms with Crippen molar-refractivity contribution in [2.75, 3.05) is 0 Å². The number of aryl methyl sites for hydroxylation is 2. The van der Waals surface area contributed by atoms with Crippen molar-refractivity contribution < 1.29 is 0 Å². The highest BCUT2D eigenvalue weighted by Crippen LogP contribution is 2.26. The van der Waals surface area contributed by atoms with Crippen LogP contribution in [0.5, 0.6) is 0 Å². The van der Waals surface area contributed by atoms with Gasteiger partial charge in [0.1, 0.15) is 0 Å². The number of nitriles is 1. The van der Waals surface area contributed by atoms with Gasteiger partial charge >= 0.3 is 0 Å². The van der Waals surface area contributed by atoms with Crippen LogP contribution < -0.4 is 0 Å². The Bertz CT molecular complexity index is 579. The van der Waals surface area contributed by atoms with Crippen molar-refractivity contribution in [3.05, 3.63) is 64.7 Å². The van der Waals surface area contributed by atoms with Crippen LogP contribution in [0.2, 0.25) is 0 Å². The molecule has 0 aliphatic heterocycles. The fourth-order valence-corrected chi connectivity index (χ4v) is 2.76. The number of nitrogens with zero attached hydrogens (tertiary/aromatic N) is 1. The van der Waals surface area contributed by atoms with E-state index in [0.717, 1.165) is 11.3 Å². The van der Waals surface area contributed by atoms with Crippen LogP contribution in [0.25, 0.3) is 0 Å². The molecule has 2 aromatic rings. The van der Waals surface area contributed by atoms with Crippen LogP contribution >= 0.6 is 11.8 Å². The second-order valence-corrected chi connectivity index (χ2v) is 5.38. The molecule has 0 amide bonds. The quantitative estimate of drug-likeness (QED) is 0.754. The van der Waals surface area contributed by atoms with E-state index in [2.05, 4.69) is 38.1 Å². The molecule has 0 spiro atoms. The average Bonchev–Trinajstić information content (AvgIpc) is 2.38. The van der Waals surface area contributed by atoms with Crippen LogP contribution in [0, 0.1) is 25.2 Å². The molecule has 0 radical (unpaired) electrons. The maximum absolute atomic E-state index is 8.74. The molecule has 0 heterocycles. The zero-order chi connectivity index (χ0) is 13.0. The number of hydrogen-bond acceptors (Lipinski definition) is 2. The lowest BCUT2D eigenvalue weighted by molar-refractivity contribution is 1.25. The van der Waals surface area contributed by atoms with E-state index in [9.17, 15) is 0 Å². The molecule has 1 nitrogen and oxygen atoms in total.